The summed E-state index contributed by atoms with van der Waals surface area (Å²) in [5.41, 5.74) is 7.39. The molecule has 1 amide bonds. The van der Waals surface area contributed by atoms with Crippen molar-refractivity contribution in [1.82, 2.24) is 14.3 Å². The molecule has 2 heterocycles. The van der Waals surface area contributed by atoms with Crippen LogP contribution in [0.2, 0.25) is 10.0 Å². The van der Waals surface area contributed by atoms with E-state index in [4.69, 9.17) is 28.2 Å². The summed E-state index contributed by atoms with van der Waals surface area (Å²) in [7, 11) is -3.90. The third-order valence-electron chi connectivity index (χ3n) is 7.89. The van der Waals surface area contributed by atoms with Crippen LogP contribution in [0.4, 0.5) is 5.69 Å². The van der Waals surface area contributed by atoms with Crippen molar-refractivity contribution in [3.05, 3.63) is 124 Å². The van der Waals surface area contributed by atoms with Gasteiger partial charge in [0.05, 0.1) is 16.4 Å². The summed E-state index contributed by atoms with van der Waals surface area (Å²) in [5, 5.41) is 1.03. The van der Waals surface area contributed by atoms with Crippen molar-refractivity contribution in [2.45, 2.75) is 39.0 Å². The maximum atomic E-state index is 12.3. The first kappa shape index (κ1) is 30.9. The van der Waals surface area contributed by atoms with Crippen molar-refractivity contribution < 1.29 is 13.2 Å². The van der Waals surface area contributed by atoms with Gasteiger partial charge in [0.2, 0.25) is 0 Å². The van der Waals surface area contributed by atoms with Crippen LogP contribution in [0.15, 0.2) is 97.2 Å². The highest BCUT2D eigenvalue weighted by atomic mass is 35.5. The van der Waals surface area contributed by atoms with Crippen LogP contribution >= 0.6 is 23.2 Å². The number of amides is 1. The van der Waals surface area contributed by atoms with E-state index >= 15 is 0 Å². The van der Waals surface area contributed by atoms with Gasteiger partial charge in [-0.15, -0.1) is 0 Å². The summed E-state index contributed by atoms with van der Waals surface area (Å²) < 4.78 is 29.7. The molecule has 0 atom stereocenters. The molecule has 1 aromatic heterocycles. The molecular weight excluding hydrogens is 627 g/mol. The molecule has 0 bridgehead atoms. The molecule has 1 aliphatic heterocycles. The van der Waals surface area contributed by atoms with E-state index in [2.05, 4.69) is 55.5 Å². The average molecular weight is 660 g/mol. The Bertz CT molecular complexity index is 1940. The van der Waals surface area contributed by atoms with Crippen LogP contribution in [0.25, 0.3) is 28.1 Å². The summed E-state index contributed by atoms with van der Waals surface area (Å²) in [4.78, 5) is 16.7. The number of imidazole rings is 1. The fourth-order valence-electron chi connectivity index (χ4n) is 5.49. The Kier molecular flexibility index (Phi) is 8.99. The van der Waals surface area contributed by atoms with Gasteiger partial charge in [-0.25, -0.2) is 14.0 Å². The number of rotatable bonds is 10. The van der Waals surface area contributed by atoms with Gasteiger partial charge in [-0.2, -0.15) is 8.42 Å². The highest BCUT2D eigenvalue weighted by molar-refractivity contribution is 7.92. The molecule has 1 fully saturated rings. The first-order chi connectivity index (χ1) is 21.7. The monoisotopic (exact) mass is 658 g/mol. The minimum Gasteiger partial charge on any atom is -0.303 e. The highest BCUT2D eigenvalue weighted by Gasteiger charge is 2.33. The third kappa shape index (κ3) is 6.93. The molecule has 1 N–H and O–H groups in total. The van der Waals surface area contributed by atoms with Crippen molar-refractivity contribution in [3.63, 3.8) is 0 Å². The summed E-state index contributed by atoms with van der Waals surface area (Å²) >= 11 is 12.7. The van der Waals surface area contributed by atoms with Gasteiger partial charge in [-0.3, -0.25) is 4.79 Å². The number of aryl methyl sites for hydroxylation is 1. The zero-order chi connectivity index (χ0) is 31.6. The predicted molar refractivity (Wildman–Crippen MR) is 181 cm³/mol. The number of carbonyl (C=O) groups excluding carboxylic acids is 1. The number of nitrogens with one attached hydrogen (secondary N) is 1. The van der Waals surface area contributed by atoms with Crippen LogP contribution in [0.3, 0.4) is 0 Å². The van der Waals surface area contributed by atoms with Crippen LogP contribution in [0.1, 0.15) is 43.1 Å². The quantitative estimate of drug-likeness (QED) is 0.154. The molecule has 230 valence electrons. The van der Waals surface area contributed by atoms with Gasteiger partial charge in [-0.1, -0.05) is 91.5 Å². The first-order valence-corrected chi connectivity index (χ1v) is 17.1. The van der Waals surface area contributed by atoms with Crippen molar-refractivity contribution in [2.75, 3.05) is 10.8 Å². The Balaban J connectivity index is 1.28. The zero-order valence-electron chi connectivity index (χ0n) is 24.7. The van der Waals surface area contributed by atoms with Crippen molar-refractivity contribution in [3.8, 4) is 28.1 Å². The molecule has 0 saturated carbocycles. The number of hydrogen-bond acceptors (Lipinski definition) is 4. The van der Waals surface area contributed by atoms with E-state index < -0.39 is 16.1 Å². The van der Waals surface area contributed by atoms with Crippen LogP contribution in [-0.4, -0.2) is 30.4 Å². The molecule has 4 aromatic carbocycles. The Morgan fingerprint density at radius 1 is 0.822 bits per heavy atom. The number of anilines is 1. The maximum absolute atomic E-state index is 12.3. The second-order valence-electron chi connectivity index (χ2n) is 11.1. The third-order valence-corrected chi connectivity index (χ3v) is 9.85. The molecule has 7 nitrogen and oxygen atoms in total. The molecule has 1 aliphatic rings. The summed E-state index contributed by atoms with van der Waals surface area (Å²) in [6.45, 7) is 1.97. The summed E-state index contributed by atoms with van der Waals surface area (Å²) in [5.74, 6) is 0.212. The van der Waals surface area contributed by atoms with E-state index in [1.165, 1.54) is 30.4 Å². The molecule has 0 radical (unpaired) electrons. The molecule has 0 unspecified atom stereocenters. The van der Waals surface area contributed by atoms with Gasteiger partial charge in [0.25, 0.3) is 5.91 Å². The lowest BCUT2D eigenvalue weighted by atomic mass is 10.00. The molecule has 10 heteroatoms. The van der Waals surface area contributed by atoms with Gasteiger partial charge < -0.3 is 4.57 Å². The molecule has 0 spiro atoms. The number of hydrogen-bond donors (Lipinski definition) is 1. The van der Waals surface area contributed by atoms with Crippen molar-refractivity contribution in [2.24, 2.45) is 0 Å². The Labute approximate surface area is 273 Å². The second-order valence-corrected chi connectivity index (χ2v) is 13.6. The van der Waals surface area contributed by atoms with Gasteiger partial charge in [-0.05, 0) is 77.6 Å². The Morgan fingerprint density at radius 3 is 2.07 bits per heavy atom. The number of carbonyl (C=O) groups is 1. The van der Waals surface area contributed by atoms with E-state index in [-0.39, 0.29) is 6.54 Å². The van der Waals surface area contributed by atoms with E-state index in [0.717, 1.165) is 38.9 Å². The van der Waals surface area contributed by atoms with Crippen LogP contribution in [0.5, 0.6) is 0 Å². The van der Waals surface area contributed by atoms with Crippen molar-refractivity contribution in [1.29, 1.82) is 0 Å². The summed E-state index contributed by atoms with van der Waals surface area (Å²) in [6.07, 6.45) is 7.26. The number of benzene rings is 4. The molecule has 5 aromatic rings. The normalized spacial score (nSPS) is 14.1. The van der Waals surface area contributed by atoms with Crippen LogP contribution in [-0.2, 0) is 27.8 Å². The Morgan fingerprint density at radius 2 is 1.47 bits per heavy atom. The molecule has 6 rings (SSSR count). The highest BCUT2D eigenvalue weighted by Crippen LogP contribution is 2.32. The van der Waals surface area contributed by atoms with E-state index in [0.29, 0.717) is 27.8 Å². The average Bonchev–Trinajstić information content (AvgIpc) is 3.56. The first-order valence-electron chi connectivity index (χ1n) is 14.9. The number of aromatic nitrogens is 2. The largest absolute Gasteiger partial charge is 0.326 e. The van der Waals surface area contributed by atoms with Crippen molar-refractivity contribution >= 4 is 45.0 Å². The van der Waals surface area contributed by atoms with Gasteiger partial charge in [0.1, 0.15) is 12.4 Å². The molecule has 45 heavy (non-hydrogen) atoms. The second kappa shape index (κ2) is 13.1. The van der Waals surface area contributed by atoms with E-state index in [1.807, 2.05) is 21.6 Å². The number of halogens is 2. The predicted octanol–water partition coefficient (Wildman–Crippen LogP) is 8.02. The van der Waals surface area contributed by atoms with Gasteiger partial charge in [0, 0.05) is 28.9 Å². The van der Waals surface area contributed by atoms with Gasteiger partial charge in [0.15, 0.2) is 0 Å². The minimum absolute atomic E-state index is 0.254. The topological polar surface area (TPSA) is 84.3 Å². The SMILES string of the molecule is CCCCCc1ccc(-c2ccc(Cc3nc(-c4ccc(Cl)cc4Cl)cn3-c3ccc(N4CC(=O)NS4(=O)=O)cc3)cc2)cc1. The molecule has 0 aliphatic carbocycles. The lowest BCUT2D eigenvalue weighted by Crippen LogP contribution is -2.29. The molecule has 1 saturated heterocycles. The zero-order valence-corrected chi connectivity index (χ0v) is 27.0. The van der Waals surface area contributed by atoms with Gasteiger partial charge >= 0.3 is 10.2 Å². The van der Waals surface area contributed by atoms with E-state index in [9.17, 15) is 13.2 Å². The fourth-order valence-corrected chi connectivity index (χ4v) is 7.14. The number of unbranched alkanes of at least 4 members (excludes halogenated alkanes) is 2. The lowest BCUT2D eigenvalue weighted by molar-refractivity contribution is -0.117. The Hall–Kier alpha value is -4.11. The number of nitrogens with zero attached hydrogens (tertiary/aromatic N) is 3. The van der Waals surface area contributed by atoms with Crippen LogP contribution in [0, 0.1) is 0 Å². The smallest absolute Gasteiger partial charge is 0.303 e. The maximum Gasteiger partial charge on any atom is 0.326 e. The standard InChI is InChI=1S/C35H32Cl2N4O3S/c1-2-3-4-5-24-6-10-26(11-7-24)27-12-8-25(9-13-27)20-34-38-33(31-19-14-28(36)21-32(31)37)22-40(34)29-15-17-30(18-16-29)41-23-35(42)39-45(41,43)44/h6-19,21-22H,2-5,20,23H2,1H3,(H,39,42). The van der Waals surface area contributed by atoms with E-state index in [1.54, 1.807) is 36.4 Å². The van der Waals surface area contributed by atoms with Crippen LogP contribution < -0.4 is 9.03 Å². The fraction of sp³-hybridized carbons (Fsp3) is 0.200. The molecular formula is C35H32Cl2N4O3S. The summed E-state index contributed by atoms with van der Waals surface area (Å²) in [6, 6.07) is 29.6. The lowest BCUT2D eigenvalue weighted by Gasteiger charge is -2.15. The minimum atomic E-state index is -3.90.